The van der Waals surface area contributed by atoms with Crippen LogP contribution in [-0.2, 0) is 11.2 Å². The highest BCUT2D eigenvalue weighted by Gasteiger charge is 2.20. The van der Waals surface area contributed by atoms with Crippen molar-refractivity contribution in [1.82, 2.24) is 9.97 Å². The molecule has 0 spiro atoms. The number of halogens is 1. The van der Waals surface area contributed by atoms with Gasteiger partial charge in [-0.15, -0.1) is 0 Å². The Labute approximate surface area is 130 Å². The molecule has 1 aromatic heterocycles. The average Bonchev–Trinajstić information content (AvgIpc) is 2.93. The van der Waals surface area contributed by atoms with Crippen LogP contribution >= 0.6 is 15.9 Å². The Kier molecular flexibility index (Phi) is 4.07. The molecule has 110 valence electrons. The molecule has 21 heavy (non-hydrogen) atoms. The summed E-state index contributed by atoms with van der Waals surface area (Å²) in [5.41, 5.74) is 0.452. The van der Waals surface area contributed by atoms with Crippen LogP contribution in [-0.4, -0.2) is 27.8 Å². The largest absolute Gasteiger partial charge is 0.493 e. The maximum Gasteiger partial charge on any atom is 0.262 e. The van der Waals surface area contributed by atoms with Crippen molar-refractivity contribution in [2.24, 2.45) is 0 Å². The molecule has 1 unspecified atom stereocenters. The molecule has 3 rings (SSSR count). The second kappa shape index (κ2) is 5.99. The first-order valence-electron chi connectivity index (χ1n) is 6.84. The Morgan fingerprint density at radius 1 is 1.43 bits per heavy atom. The van der Waals surface area contributed by atoms with Crippen molar-refractivity contribution in [3.05, 3.63) is 44.9 Å². The molecular weight excluding hydrogens is 336 g/mol. The van der Waals surface area contributed by atoms with Crippen LogP contribution in [0.2, 0.25) is 0 Å². The molecule has 6 heteroatoms. The minimum absolute atomic E-state index is 0.0712. The first kappa shape index (κ1) is 14.3. The number of aromatic hydroxyl groups is 1. The van der Waals surface area contributed by atoms with E-state index >= 15 is 0 Å². The molecule has 2 N–H and O–H groups in total. The topological polar surface area (TPSA) is 75.2 Å². The Hall–Kier alpha value is -1.66. The zero-order valence-electron chi connectivity index (χ0n) is 11.3. The molecule has 1 aliphatic heterocycles. The van der Waals surface area contributed by atoms with Gasteiger partial charge < -0.3 is 14.8 Å². The molecule has 1 atom stereocenters. The Bertz CT molecular complexity index is 708. The molecule has 0 radical (unpaired) electrons. The van der Waals surface area contributed by atoms with Gasteiger partial charge in [-0.3, -0.25) is 4.79 Å². The van der Waals surface area contributed by atoms with Crippen LogP contribution in [0.15, 0.2) is 33.5 Å². The van der Waals surface area contributed by atoms with Gasteiger partial charge in [0, 0.05) is 23.1 Å². The average molecular weight is 351 g/mol. The number of ether oxygens (including phenoxy) is 1. The molecule has 2 aromatic rings. The van der Waals surface area contributed by atoms with E-state index in [4.69, 9.17) is 4.74 Å². The van der Waals surface area contributed by atoms with Crippen LogP contribution in [0.3, 0.4) is 0 Å². The molecule has 1 fully saturated rings. The number of hydrogen-bond donors (Lipinski definition) is 2. The summed E-state index contributed by atoms with van der Waals surface area (Å²) in [4.78, 5) is 19.1. The van der Waals surface area contributed by atoms with E-state index in [0.29, 0.717) is 17.8 Å². The fourth-order valence-electron chi connectivity index (χ4n) is 2.53. The Morgan fingerprint density at radius 2 is 2.24 bits per heavy atom. The summed E-state index contributed by atoms with van der Waals surface area (Å²) in [7, 11) is 0. The smallest absolute Gasteiger partial charge is 0.262 e. The summed E-state index contributed by atoms with van der Waals surface area (Å²) in [6, 6.07) is 7.22. The van der Waals surface area contributed by atoms with Crippen molar-refractivity contribution in [2.75, 3.05) is 6.61 Å². The lowest BCUT2D eigenvalue weighted by molar-refractivity contribution is 0.109. The number of aromatic amines is 1. The third kappa shape index (κ3) is 3.01. The second-order valence-corrected chi connectivity index (χ2v) is 5.88. The summed E-state index contributed by atoms with van der Waals surface area (Å²) < 4.78 is 6.26. The minimum Gasteiger partial charge on any atom is -0.493 e. The van der Waals surface area contributed by atoms with Gasteiger partial charge in [0.1, 0.15) is 11.4 Å². The highest BCUT2D eigenvalue weighted by Crippen LogP contribution is 2.30. The van der Waals surface area contributed by atoms with E-state index in [2.05, 4.69) is 25.9 Å². The number of benzene rings is 1. The highest BCUT2D eigenvalue weighted by atomic mass is 79.9. The van der Waals surface area contributed by atoms with Gasteiger partial charge in [0.15, 0.2) is 0 Å². The summed E-state index contributed by atoms with van der Waals surface area (Å²) in [6.45, 7) is 0.746. The Balaban J connectivity index is 1.97. The van der Waals surface area contributed by atoms with Crippen molar-refractivity contribution in [3.8, 4) is 17.0 Å². The summed E-state index contributed by atoms with van der Waals surface area (Å²) in [5.74, 6) is 0.207. The van der Waals surface area contributed by atoms with Gasteiger partial charge in [0.05, 0.1) is 6.10 Å². The van der Waals surface area contributed by atoms with Crippen molar-refractivity contribution in [2.45, 2.75) is 25.4 Å². The van der Waals surface area contributed by atoms with E-state index in [1.165, 1.54) is 0 Å². The summed E-state index contributed by atoms with van der Waals surface area (Å²) in [5, 5.41) is 10.1. The first-order chi connectivity index (χ1) is 10.1. The van der Waals surface area contributed by atoms with Crippen LogP contribution in [0.1, 0.15) is 18.7 Å². The van der Waals surface area contributed by atoms with Crippen LogP contribution in [0.25, 0.3) is 11.1 Å². The zero-order valence-corrected chi connectivity index (χ0v) is 12.9. The van der Waals surface area contributed by atoms with E-state index in [0.717, 1.165) is 23.9 Å². The molecule has 1 aliphatic rings. The first-order valence-corrected chi connectivity index (χ1v) is 7.63. The maximum absolute atomic E-state index is 12.3. The van der Waals surface area contributed by atoms with E-state index in [-0.39, 0.29) is 23.1 Å². The lowest BCUT2D eigenvalue weighted by atomic mass is 10.1. The second-order valence-electron chi connectivity index (χ2n) is 5.03. The van der Waals surface area contributed by atoms with Gasteiger partial charge in [-0.1, -0.05) is 34.1 Å². The van der Waals surface area contributed by atoms with Crippen LogP contribution in [0.4, 0.5) is 0 Å². The molecule has 0 amide bonds. The molecule has 1 aromatic carbocycles. The van der Waals surface area contributed by atoms with Gasteiger partial charge in [0.2, 0.25) is 5.88 Å². The van der Waals surface area contributed by atoms with E-state index in [9.17, 15) is 9.90 Å². The number of aromatic nitrogens is 2. The van der Waals surface area contributed by atoms with Gasteiger partial charge >= 0.3 is 0 Å². The SMILES string of the molecule is O=c1[nH]c(CC2CCCO2)nc(O)c1-c1ccccc1Br. The fraction of sp³-hybridized carbons (Fsp3) is 0.333. The minimum atomic E-state index is -0.345. The van der Waals surface area contributed by atoms with Crippen LogP contribution < -0.4 is 5.56 Å². The van der Waals surface area contributed by atoms with Gasteiger partial charge in [-0.05, 0) is 18.9 Å². The Morgan fingerprint density at radius 3 is 2.90 bits per heavy atom. The monoisotopic (exact) mass is 350 g/mol. The number of rotatable bonds is 3. The van der Waals surface area contributed by atoms with Crippen molar-refractivity contribution < 1.29 is 9.84 Å². The third-order valence-corrected chi connectivity index (χ3v) is 4.23. The lowest BCUT2D eigenvalue weighted by Gasteiger charge is -2.10. The van der Waals surface area contributed by atoms with Crippen molar-refractivity contribution in [1.29, 1.82) is 0 Å². The van der Waals surface area contributed by atoms with Gasteiger partial charge in [-0.25, -0.2) is 0 Å². The molecule has 1 saturated heterocycles. The normalized spacial score (nSPS) is 18.0. The number of nitrogens with one attached hydrogen (secondary N) is 1. The van der Waals surface area contributed by atoms with Gasteiger partial charge in [-0.2, -0.15) is 4.98 Å². The van der Waals surface area contributed by atoms with E-state index in [1.807, 2.05) is 12.1 Å². The van der Waals surface area contributed by atoms with Crippen molar-refractivity contribution >= 4 is 15.9 Å². The predicted molar refractivity (Wildman–Crippen MR) is 82.3 cm³/mol. The number of H-pyrrole nitrogens is 1. The standard InChI is InChI=1S/C15H15BrN2O3/c16-11-6-2-1-5-10(11)13-14(19)17-12(18-15(13)20)8-9-4-3-7-21-9/h1-2,5-6,9H,3-4,7-8H2,(H2,17,18,19,20). The zero-order chi connectivity index (χ0) is 14.8. The number of hydrogen-bond acceptors (Lipinski definition) is 4. The lowest BCUT2D eigenvalue weighted by Crippen LogP contribution is -2.18. The quantitative estimate of drug-likeness (QED) is 0.892. The van der Waals surface area contributed by atoms with Gasteiger partial charge in [0.25, 0.3) is 5.56 Å². The van der Waals surface area contributed by atoms with Crippen LogP contribution in [0, 0.1) is 0 Å². The molecule has 0 saturated carbocycles. The van der Waals surface area contributed by atoms with Crippen molar-refractivity contribution in [3.63, 3.8) is 0 Å². The van der Waals surface area contributed by atoms with E-state index < -0.39 is 0 Å². The predicted octanol–water partition coefficient (Wildman–Crippen LogP) is 2.63. The molecule has 0 aliphatic carbocycles. The molecule has 5 nitrogen and oxygen atoms in total. The molecular formula is C15H15BrN2O3. The number of nitrogens with zero attached hydrogens (tertiary/aromatic N) is 1. The fourth-order valence-corrected chi connectivity index (χ4v) is 3.01. The van der Waals surface area contributed by atoms with E-state index in [1.54, 1.807) is 12.1 Å². The molecule has 0 bridgehead atoms. The third-order valence-electron chi connectivity index (χ3n) is 3.54. The molecule has 2 heterocycles. The summed E-state index contributed by atoms with van der Waals surface area (Å²) in [6.07, 6.45) is 2.56. The van der Waals surface area contributed by atoms with Crippen LogP contribution in [0.5, 0.6) is 5.88 Å². The summed E-state index contributed by atoms with van der Waals surface area (Å²) >= 11 is 3.38. The maximum atomic E-state index is 12.3. The highest BCUT2D eigenvalue weighted by molar-refractivity contribution is 9.10.